The Bertz CT molecular complexity index is 519. The Morgan fingerprint density at radius 3 is 3.05 bits per heavy atom. The highest BCUT2D eigenvalue weighted by molar-refractivity contribution is 7.12. The molecule has 0 N–H and O–H groups in total. The molecule has 3 heterocycles. The summed E-state index contributed by atoms with van der Waals surface area (Å²) in [6, 6.07) is 4.94. The van der Waals surface area contributed by atoms with E-state index in [1.165, 1.54) is 5.69 Å². The molecule has 0 amide bonds. The van der Waals surface area contributed by atoms with Crippen LogP contribution in [0.4, 0.5) is 0 Å². The van der Waals surface area contributed by atoms with Crippen LogP contribution in [0.1, 0.15) is 12.6 Å². The van der Waals surface area contributed by atoms with Crippen LogP contribution < -0.4 is 0 Å². The normalized spacial score (nSPS) is 21.9. The lowest BCUT2D eigenvalue weighted by Crippen LogP contribution is -2.49. The zero-order chi connectivity index (χ0) is 13.2. The number of thiazole rings is 1. The lowest BCUT2D eigenvalue weighted by Gasteiger charge is -2.37. The maximum atomic E-state index is 4.39. The molecule has 5 heteroatoms. The van der Waals surface area contributed by atoms with Crippen molar-refractivity contribution in [3.63, 3.8) is 0 Å². The fraction of sp³-hybridized carbons (Fsp3) is 0.500. The quantitative estimate of drug-likeness (QED) is 0.858. The first-order valence-corrected chi connectivity index (χ1v) is 7.60. The van der Waals surface area contributed by atoms with Crippen molar-refractivity contribution in [3.8, 4) is 5.13 Å². The summed E-state index contributed by atoms with van der Waals surface area (Å²) in [5, 5.41) is 3.08. The molecule has 3 rings (SSSR count). The largest absolute Gasteiger partial charge is 0.301 e. The van der Waals surface area contributed by atoms with Crippen molar-refractivity contribution in [2.45, 2.75) is 19.5 Å². The second-order valence-electron chi connectivity index (χ2n) is 5.25. The Hall–Kier alpha value is -1.17. The average Bonchev–Trinajstić information content (AvgIpc) is 3.04. The monoisotopic (exact) mass is 276 g/mol. The zero-order valence-electron chi connectivity index (χ0n) is 11.5. The van der Waals surface area contributed by atoms with Crippen LogP contribution in [0.3, 0.4) is 0 Å². The summed E-state index contributed by atoms with van der Waals surface area (Å²) in [7, 11) is 2.21. The molecule has 2 aromatic rings. The van der Waals surface area contributed by atoms with Crippen molar-refractivity contribution >= 4 is 11.3 Å². The Labute approximate surface area is 118 Å². The predicted octanol–water partition coefficient (Wildman–Crippen LogP) is 2.07. The summed E-state index contributed by atoms with van der Waals surface area (Å²) in [5.41, 5.74) is 1.33. The molecule has 0 saturated carbocycles. The standard InChI is InChI=1S/C14H20N4S/c1-12-10-17(8-7-16(12)2)11-13-4-3-6-18(13)14-15-5-9-19-14/h3-6,9,12H,7-8,10-11H2,1-2H3/t12-/m0/s1. The number of nitrogens with zero attached hydrogens (tertiary/aromatic N) is 4. The maximum Gasteiger partial charge on any atom is 0.193 e. The predicted molar refractivity (Wildman–Crippen MR) is 78.8 cm³/mol. The van der Waals surface area contributed by atoms with Crippen LogP contribution in [0.25, 0.3) is 5.13 Å². The molecule has 1 fully saturated rings. The van der Waals surface area contributed by atoms with Gasteiger partial charge in [0.1, 0.15) is 0 Å². The number of hydrogen-bond donors (Lipinski definition) is 0. The van der Waals surface area contributed by atoms with Crippen molar-refractivity contribution < 1.29 is 0 Å². The van der Waals surface area contributed by atoms with Crippen molar-refractivity contribution in [2.24, 2.45) is 0 Å². The van der Waals surface area contributed by atoms with Crippen LogP contribution in [-0.2, 0) is 6.54 Å². The van der Waals surface area contributed by atoms with Gasteiger partial charge in [0.2, 0.25) is 0 Å². The van der Waals surface area contributed by atoms with Gasteiger partial charge in [-0.15, -0.1) is 11.3 Å². The SMILES string of the molecule is C[C@H]1CN(Cc2cccn2-c2nccs2)CCN1C. The molecule has 0 unspecified atom stereocenters. The molecule has 19 heavy (non-hydrogen) atoms. The average molecular weight is 276 g/mol. The van der Waals surface area contributed by atoms with Crippen LogP contribution >= 0.6 is 11.3 Å². The third-order valence-electron chi connectivity index (χ3n) is 3.89. The summed E-state index contributed by atoms with van der Waals surface area (Å²) in [6.45, 7) is 6.74. The van der Waals surface area contributed by atoms with Gasteiger partial charge in [-0.3, -0.25) is 9.47 Å². The Kier molecular flexibility index (Phi) is 3.68. The molecule has 0 aliphatic carbocycles. The van der Waals surface area contributed by atoms with E-state index in [1.54, 1.807) is 11.3 Å². The van der Waals surface area contributed by atoms with E-state index in [4.69, 9.17) is 0 Å². The Balaban J connectivity index is 1.73. The van der Waals surface area contributed by atoms with E-state index < -0.39 is 0 Å². The van der Waals surface area contributed by atoms with Crippen LogP contribution in [0.15, 0.2) is 29.9 Å². The number of hydrogen-bond acceptors (Lipinski definition) is 4. The summed E-state index contributed by atoms with van der Waals surface area (Å²) in [6.07, 6.45) is 3.97. The molecule has 0 aromatic carbocycles. The van der Waals surface area contributed by atoms with Gasteiger partial charge in [0.05, 0.1) is 0 Å². The van der Waals surface area contributed by atoms with Crippen LogP contribution in [0.2, 0.25) is 0 Å². The van der Waals surface area contributed by atoms with Gasteiger partial charge in [0.25, 0.3) is 0 Å². The van der Waals surface area contributed by atoms with E-state index in [-0.39, 0.29) is 0 Å². The highest BCUT2D eigenvalue weighted by Crippen LogP contribution is 2.18. The van der Waals surface area contributed by atoms with Gasteiger partial charge in [0.15, 0.2) is 5.13 Å². The minimum atomic E-state index is 0.636. The van der Waals surface area contributed by atoms with Crippen molar-refractivity contribution in [1.29, 1.82) is 0 Å². The van der Waals surface area contributed by atoms with Gasteiger partial charge >= 0.3 is 0 Å². The first kappa shape index (κ1) is 12.8. The number of aromatic nitrogens is 2. The molecule has 4 nitrogen and oxygen atoms in total. The lowest BCUT2D eigenvalue weighted by molar-refractivity contribution is 0.0987. The van der Waals surface area contributed by atoms with E-state index in [9.17, 15) is 0 Å². The molecular weight excluding hydrogens is 256 g/mol. The summed E-state index contributed by atoms with van der Waals surface area (Å²) in [4.78, 5) is 9.35. The molecule has 2 aromatic heterocycles. The fourth-order valence-electron chi connectivity index (χ4n) is 2.56. The molecule has 102 valence electrons. The third-order valence-corrected chi connectivity index (χ3v) is 4.66. The number of likely N-dealkylation sites (N-methyl/N-ethyl adjacent to an activating group) is 1. The number of rotatable bonds is 3. The van der Waals surface area contributed by atoms with E-state index >= 15 is 0 Å². The van der Waals surface area contributed by atoms with Gasteiger partial charge in [-0.05, 0) is 26.1 Å². The highest BCUT2D eigenvalue weighted by atomic mass is 32.1. The number of piperazine rings is 1. The van der Waals surface area contributed by atoms with Crippen molar-refractivity contribution in [2.75, 3.05) is 26.7 Å². The first-order chi connectivity index (χ1) is 9.24. The molecule has 1 saturated heterocycles. The minimum absolute atomic E-state index is 0.636. The van der Waals surface area contributed by atoms with Crippen LogP contribution in [0, 0.1) is 0 Å². The molecule has 0 spiro atoms. The second-order valence-corrected chi connectivity index (χ2v) is 6.12. The molecule has 1 atom stereocenters. The van der Waals surface area contributed by atoms with Gasteiger partial charge in [0, 0.05) is 55.7 Å². The lowest BCUT2D eigenvalue weighted by atomic mass is 10.2. The molecule has 0 bridgehead atoms. The molecule has 1 aliphatic heterocycles. The van der Waals surface area contributed by atoms with E-state index in [0.717, 1.165) is 31.3 Å². The van der Waals surface area contributed by atoms with Crippen molar-refractivity contribution in [1.82, 2.24) is 19.4 Å². The zero-order valence-corrected chi connectivity index (χ0v) is 12.3. The Morgan fingerprint density at radius 1 is 1.42 bits per heavy atom. The van der Waals surface area contributed by atoms with Gasteiger partial charge in [-0.1, -0.05) is 0 Å². The van der Waals surface area contributed by atoms with E-state index in [1.807, 2.05) is 11.6 Å². The summed E-state index contributed by atoms with van der Waals surface area (Å²) < 4.78 is 2.20. The van der Waals surface area contributed by atoms with Crippen LogP contribution in [0.5, 0.6) is 0 Å². The van der Waals surface area contributed by atoms with Gasteiger partial charge in [-0.25, -0.2) is 4.98 Å². The second kappa shape index (κ2) is 5.45. The minimum Gasteiger partial charge on any atom is -0.301 e. The van der Waals surface area contributed by atoms with Crippen molar-refractivity contribution in [3.05, 3.63) is 35.6 Å². The van der Waals surface area contributed by atoms with E-state index in [2.05, 4.69) is 51.7 Å². The van der Waals surface area contributed by atoms with Gasteiger partial charge in [-0.2, -0.15) is 0 Å². The fourth-order valence-corrected chi connectivity index (χ4v) is 3.22. The summed E-state index contributed by atoms with van der Waals surface area (Å²) >= 11 is 1.68. The Morgan fingerprint density at radius 2 is 2.32 bits per heavy atom. The third kappa shape index (κ3) is 2.73. The van der Waals surface area contributed by atoms with Gasteiger partial charge < -0.3 is 4.90 Å². The molecular formula is C14H20N4S. The highest BCUT2D eigenvalue weighted by Gasteiger charge is 2.21. The first-order valence-electron chi connectivity index (χ1n) is 6.73. The maximum absolute atomic E-state index is 4.39. The molecule has 0 radical (unpaired) electrons. The molecule has 1 aliphatic rings. The van der Waals surface area contributed by atoms with E-state index in [0.29, 0.717) is 6.04 Å². The summed E-state index contributed by atoms with van der Waals surface area (Å²) in [5.74, 6) is 0. The topological polar surface area (TPSA) is 24.3 Å². The van der Waals surface area contributed by atoms with Crippen LogP contribution in [-0.4, -0.2) is 52.1 Å². The smallest absolute Gasteiger partial charge is 0.193 e.